The summed E-state index contributed by atoms with van der Waals surface area (Å²) in [6.45, 7) is 1.05. The maximum Gasteiger partial charge on any atom is 0.407 e. The Hall–Kier alpha value is -7.62. The van der Waals surface area contributed by atoms with Crippen LogP contribution in [0.5, 0.6) is 0 Å². The second kappa shape index (κ2) is 17.2. The van der Waals surface area contributed by atoms with E-state index in [-0.39, 0.29) is 23.9 Å². The molecule has 7 aromatic rings. The Labute approximate surface area is 356 Å². The number of pyridine rings is 1. The van der Waals surface area contributed by atoms with Crippen LogP contribution in [0.3, 0.4) is 0 Å². The zero-order valence-corrected chi connectivity index (χ0v) is 34.1. The third-order valence-corrected chi connectivity index (χ3v) is 11.6. The molecule has 4 N–H and O–H groups in total. The van der Waals surface area contributed by atoms with Gasteiger partial charge in [0.25, 0.3) is 5.91 Å². The van der Waals surface area contributed by atoms with Crippen molar-refractivity contribution in [3.8, 4) is 22.4 Å². The first-order valence-corrected chi connectivity index (χ1v) is 20.5. The topological polar surface area (TPSA) is 200 Å². The highest BCUT2D eigenvalue weighted by atomic mass is 16.5. The number of aromatic nitrogens is 6. The average molecular weight is 833 g/mol. The van der Waals surface area contributed by atoms with Crippen LogP contribution in [0.4, 0.5) is 9.59 Å². The molecule has 4 atom stereocenters. The van der Waals surface area contributed by atoms with Crippen LogP contribution in [0.1, 0.15) is 72.5 Å². The molecule has 1 unspecified atom stereocenters. The van der Waals surface area contributed by atoms with Gasteiger partial charge in [0, 0.05) is 30.5 Å². The normalized spacial score (nSPS) is 17.2. The Kier molecular flexibility index (Phi) is 11.0. The summed E-state index contributed by atoms with van der Waals surface area (Å²) in [5.41, 5.74) is 8.20. The van der Waals surface area contributed by atoms with Gasteiger partial charge < -0.3 is 39.9 Å². The smallest absolute Gasteiger partial charge is 0.407 e. The SMILES string of the molecule is COC(=O)N[C@@H](C(=O)N1CCCC1c1cnc2cc(-c3ccc(-c4cnc5nc([C@@H]6CCCN6C(=O)[C@H](NC(=O)OC)c6ccccc6)[nH]c5c4)cc3)[nH]c2n1)c1ccccc1. The molecule has 0 radical (unpaired) electrons. The molecule has 4 aromatic heterocycles. The van der Waals surface area contributed by atoms with Gasteiger partial charge in [0.15, 0.2) is 11.3 Å². The molecule has 0 aliphatic carbocycles. The molecule has 9 rings (SSSR count). The number of imidazole rings is 1. The van der Waals surface area contributed by atoms with E-state index in [2.05, 4.69) is 25.6 Å². The fourth-order valence-electron chi connectivity index (χ4n) is 8.51. The summed E-state index contributed by atoms with van der Waals surface area (Å²) in [4.78, 5) is 82.0. The van der Waals surface area contributed by atoms with E-state index < -0.39 is 24.3 Å². The lowest BCUT2D eigenvalue weighted by Gasteiger charge is -2.29. The average Bonchev–Trinajstić information content (AvgIpc) is 4.16. The maximum atomic E-state index is 14.0. The fourth-order valence-corrected chi connectivity index (χ4v) is 8.51. The number of amides is 4. The zero-order chi connectivity index (χ0) is 42.7. The summed E-state index contributed by atoms with van der Waals surface area (Å²) >= 11 is 0. The number of alkyl carbamates (subject to hydrolysis) is 2. The molecule has 16 heteroatoms. The molecule has 0 bridgehead atoms. The first-order chi connectivity index (χ1) is 30.3. The Morgan fingerprint density at radius 1 is 0.661 bits per heavy atom. The molecule has 0 spiro atoms. The van der Waals surface area contributed by atoms with Crippen LogP contribution in [-0.2, 0) is 19.1 Å². The van der Waals surface area contributed by atoms with E-state index in [1.54, 1.807) is 46.5 Å². The van der Waals surface area contributed by atoms with Crippen molar-refractivity contribution in [2.24, 2.45) is 0 Å². The zero-order valence-electron chi connectivity index (χ0n) is 34.1. The van der Waals surface area contributed by atoms with Gasteiger partial charge in [-0.05, 0) is 60.1 Å². The molecule has 2 fully saturated rings. The highest BCUT2D eigenvalue weighted by Gasteiger charge is 2.38. The number of rotatable bonds is 10. The lowest BCUT2D eigenvalue weighted by atomic mass is 10.0. The molecule has 4 amide bonds. The minimum absolute atomic E-state index is 0.239. The van der Waals surface area contributed by atoms with Crippen molar-refractivity contribution in [3.63, 3.8) is 0 Å². The van der Waals surface area contributed by atoms with E-state index in [9.17, 15) is 19.2 Å². The second-order valence-corrected chi connectivity index (χ2v) is 15.3. The first-order valence-electron chi connectivity index (χ1n) is 20.5. The number of H-pyrrole nitrogens is 2. The molecule has 6 heterocycles. The monoisotopic (exact) mass is 832 g/mol. The summed E-state index contributed by atoms with van der Waals surface area (Å²) < 4.78 is 9.67. The summed E-state index contributed by atoms with van der Waals surface area (Å²) in [6, 6.07) is 27.8. The summed E-state index contributed by atoms with van der Waals surface area (Å²) in [7, 11) is 2.54. The quantitative estimate of drug-likeness (QED) is 0.110. The molecule has 16 nitrogen and oxygen atoms in total. The third kappa shape index (κ3) is 7.89. The van der Waals surface area contributed by atoms with Crippen molar-refractivity contribution in [2.75, 3.05) is 27.3 Å². The first kappa shape index (κ1) is 39.8. The largest absolute Gasteiger partial charge is 0.453 e. The van der Waals surface area contributed by atoms with Gasteiger partial charge in [0.1, 0.15) is 23.4 Å². The van der Waals surface area contributed by atoms with Crippen LogP contribution >= 0.6 is 0 Å². The van der Waals surface area contributed by atoms with E-state index in [1.165, 1.54) is 14.2 Å². The van der Waals surface area contributed by atoms with Gasteiger partial charge in [-0.15, -0.1) is 0 Å². The standard InChI is InChI=1S/C46H44N10O6/c1-61-45(59)52-38(29-11-5-3-6-12-29)43(57)55-21-9-15-36(55)35-26-47-33-24-32(49-41(33)51-35)28-19-17-27(18-20-28)31-23-34-40(48-25-31)54-42(50-34)37-16-10-22-56(37)44(58)39(53-46(60)62-2)30-13-7-4-8-14-30/h3-8,11-14,17-20,23-26,36-39H,9-10,15-16,21-22H2,1-2H3,(H,49,51)(H,52,59)(H,53,60)(H,48,50,54)/t36?,37-,38+,39+/m0/s1. The maximum absolute atomic E-state index is 14.0. The number of likely N-dealkylation sites (tertiary alicyclic amines) is 2. The Bertz CT molecular complexity index is 2650. The number of hydrogen-bond acceptors (Lipinski definition) is 10. The molecule has 62 heavy (non-hydrogen) atoms. The van der Waals surface area contributed by atoms with Gasteiger partial charge >= 0.3 is 12.2 Å². The number of benzene rings is 3. The van der Waals surface area contributed by atoms with E-state index in [1.807, 2.05) is 72.8 Å². The summed E-state index contributed by atoms with van der Waals surface area (Å²) in [5, 5.41) is 5.41. The van der Waals surface area contributed by atoms with Crippen LogP contribution in [-0.4, -0.2) is 91.0 Å². The lowest BCUT2D eigenvalue weighted by molar-refractivity contribution is -0.135. The van der Waals surface area contributed by atoms with Crippen molar-refractivity contribution < 1.29 is 28.7 Å². The lowest BCUT2D eigenvalue weighted by Crippen LogP contribution is -2.42. The van der Waals surface area contributed by atoms with Crippen LogP contribution in [0.15, 0.2) is 109 Å². The van der Waals surface area contributed by atoms with Gasteiger partial charge in [-0.3, -0.25) is 14.6 Å². The van der Waals surface area contributed by atoms with Crippen molar-refractivity contribution in [1.82, 2.24) is 50.3 Å². The van der Waals surface area contributed by atoms with Crippen molar-refractivity contribution in [2.45, 2.75) is 49.9 Å². The van der Waals surface area contributed by atoms with Gasteiger partial charge in [-0.25, -0.2) is 24.5 Å². The van der Waals surface area contributed by atoms with Crippen molar-refractivity contribution in [1.29, 1.82) is 0 Å². The Morgan fingerprint density at radius 2 is 1.24 bits per heavy atom. The van der Waals surface area contributed by atoms with E-state index in [4.69, 9.17) is 24.4 Å². The predicted molar refractivity (Wildman–Crippen MR) is 229 cm³/mol. The summed E-state index contributed by atoms with van der Waals surface area (Å²) in [5.74, 6) is 0.159. The minimum atomic E-state index is -0.909. The number of carbonyl (C=O) groups is 4. The third-order valence-electron chi connectivity index (χ3n) is 11.6. The molecule has 2 aliphatic heterocycles. The summed E-state index contributed by atoms with van der Waals surface area (Å²) in [6.07, 6.45) is 5.14. The van der Waals surface area contributed by atoms with Crippen LogP contribution in [0, 0.1) is 0 Å². The molecule has 2 saturated heterocycles. The Balaban J connectivity index is 0.910. The van der Waals surface area contributed by atoms with Gasteiger partial charge in [0.05, 0.1) is 43.7 Å². The molecule has 2 aliphatic rings. The van der Waals surface area contributed by atoms with Gasteiger partial charge in [0.2, 0.25) is 5.91 Å². The number of nitrogens with one attached hydrogen (secondary N) is 4. The number of carbonyl (C=O) groups excluding carboxylic acids is 4. The number of hydrogen-bond donors (Lipinski definition) is 4. The van der Waals surface area contributed by atoms with Gasteiger partial charge in [-0.2, -0.15) is 0 Å². The number of nitrogens with zero attached hydrogens (tertiary/aromatic N) is 6. The number of fused-ring (bicyclic) bond motifs is 2. The van der Waals surface area contributed by atoms with Crippen molar-refractivity contribution >= 4 is 46.3 Å². The van der Waals surface area contributed by atoms with E-state index in [0.717, 1.165) is 40.7 Å². The molecule has 0 saturated carbocycles. The fraction of sp³-hybridized carbons (Fsp3) is 0.261. The van der Waals surface area contributed by atoms with Crippen molar-refractivity contribution in [3.05, 3.63) is 132 Å². The second-order valence-electron chi connectivity index (χ2n) is 15.3. The van der Waals surface area contributed by atoms with Crippen LogP contribution in [0.2, 0.25) is 0 Å². The van der Waals surface area contributed by atoms with Crippen LogP contribution in [0.25, 0.3) is 44.7 Å². The van der Waals surface area contributed by atoms with E-state index in [0.29, 0.717) is 65.4 Å². The van der Waals surface area contributed by atoms with Gasteiger partial charge in [-0.1, -0.05) is 84.9 Å². The molecular formula is C46H44N10O6. The van der Waals surface area contributed by atoms with Crippen LogP contribution < -0.4 is 10.6 Å². The molecular weight excluding hydrogens is 789 g/mol. The Morgan fingerprint density at radius 3 is 1.85 bits per heavy atom. The number of aromatic amines is 2. The number of methoxy groups -OCH3 is 2. The highest BCUT2D eigenvalue weighted by Crippen LogP contribution is 2.36. The molecule has 314 valence electrons. The van der Waals surface area contributed by atoms with E-state index >= 15 is 0 Å². The highest BCUT2D eigenvalue weighted by molar-refractivity contribution is 5.89. The predicted octanol–water partition coefficient (Wildman–Crippen LogP) is 7.08. The number of ether oxygens (including phenoxy) is 2. The minimum Gasteiger partial charge on any atom is -0.453 e. The molecule has 3 aromatic carbocycles.